The summed E-state index contributed by atoms with van der Waals surface area (Å²) >= 11 is 6.33. The van der Waals surface area contributed by atoms with E-state index in [1.165, 1.54) is 24.2 Å². The van der Waals surface area contributed by atoms with Crippen molar-refractivity contribution in [1.29, 1.82) is 5.26 Å². The fraction of sp³-hybridized carbons (Fsp3) is 0.182. The number of nitrogen functional groups attached to an aromatic ring is 1. The highest BCUT2D eigenvalue weighted by molar-refractivity contribution is 6.33. The number of aromatic nitrogens is 6. The van der Waals surface area contributed by atoms with Crippen LogP contribution >= 0.6 is 11.6 Å². The van der Waals surface area contributed by atoms with Gasteiger partial charge in [0.05, 0.1) is 34.8 Å². The lowest BCUT2D eigenvalue weighted by Gasteiger charge is -2.12. The molecule has 12 heteroatoms. The Bertz CT molecular complexity index is 1350. The number of rotatable bonds is 8. The van der Waals surface area contributed by atoms with E-state index < -0.39 is 0 Å². The van der Waals surface area contributed by atoms with E-state index in [1.807, 2.05) is 30.3 Å². The summed E-state index contributed by atoms with van der Waals surface area (Å²) in [7, 11) is 1.46. The minimum absolute atomic E-state index is 0.277. The monoisotopic (exact) mass is 477 g/mol. The van der Waals surface area contributed by atoms with Crippen LogP contribution in [0, 0.1) is 11.3 Å². The van der Waals surface area contributed by atoms with Crippen LogP contribution < -0.4 is 15.8 Å². The first kappa shape index (κ1) is 22.8. The molecule has 34 heavy (non-hydrogen) atoms. The van der Waals surface area contributed by atoms with E-state index in [4.69, 9.17) is 22.1 Å². The lowest BCUT2D eigenvalue weighted by atomic mass is 10.1. The van der Waals surface area contributed by atoms with Crippen molar-refractivity contribution in [1.82, 2.24) is 35.3 Å². The Morgan fingerprint density at radius 1 is 1.29 bits per heavy atom. The van der Waals surface area contributed by atoms with Crippen LogP contribution in [0.2, 0.25) is 5.02 Å². The van der Waals surface area contributed by atoms with Crippen molar-refractivity contribution >= 4 is 23.3 Å². The molecule has 4 rings (SSSR count). The second-order valence-corrected chi connectivity index (χ2v) is 7.59. The van der Waals surface area contributed by atoms with Crippen LogP contribution in [0.4, 0.5) is 5.82 Å². The number of tetrazole rings is 1. The quantitative estimate of drug-likeness (QED) is 0.367. The zero-order valence-electron chi connectivity index (χ0n) is 18.1. The Labute approximate surface area is 199 Å². The molecule has 2 heterocycles. The predicted octanol–water partition coefficient (Wildman–Crippen LogP) is 2.33. The number of carbonyl (C=O) groups is 1. The summed E-state index contributed by atoms with van der Waals surface area (Å²) in [6, 6.07) is 14.6. The second-order valence-electron chi connectivity index (χ2n) is 7.18. The van der Waals surface area contributed by atoms with E-state index in [0.29, 0.717) is 47.1 Å². The maximum Gasteiger partial charge on any atom is 0.255 e. The van der Waals surface area contributed by atoms with Gasteiger partial charge in [0, 0.05) is 12.6 Å². The van der Waals surface area contributed by atoms with Gasteiger partial charge in [-0.05, 0) is 41.5 Å². The van der Waals surface area contributed by atoms with Gasteiger partial charge in [-0.2, -0.15) is 15.0 Å². The third kappa shape index (κ3) is 4.53. The summed E-state index contributed by atoms with van der Waals surface area (Å²) in [5.41, 5.74) is 8.57. The maximum absolute atomic E-state index is 12.8. The van der Waals surface area contributed by atoms with Gasteiger partial charge in [0.2, 0.25) is 0 Å². The molecule has 11 nitrogen and oxygen atoms in total. The molecule has 172 valence electrons. The first-order chi connectivity index (χ1) is 16.5. The van der Waals surface area contributed by atoms with Crippen LogP contribution in [0.1, 0.15) is 28.0 Å². The molecule has 2 aromatic carbocycles. The van der Waals surface area contributed by atoms with Crippen LogP contribution in [0.5, 0.6) is 5.75 Å². The fourth-order valence-corrected chi connectivity index (χ4v) is 3.68. The number of methoxy groups -OCH3 is 1. The van der Waals surface area contributed by atoms with Gasteiger partial charge >= 0.3 is 0 Å². The van der Waals surface area contributed by atoms with Crippen molar-refractivity contribution in [2.75, 3.05) is 19.4 Å². The van der Waals surface area contributed by atoms with Crippen molar-refractivity contribution < 1.29 is 9.53 Å². The van der Waals surface area contributed by atoms with Gasteiger partial charge in [-0.3, -0.25) is 4.79 Å². The van der Waals surface area contributed by atoms with Crippen molar-refractivity contribution in [2.24, 2.45) is 0 Å². The van der Waals surface area contributed by atoms with Crippen molar-refractivity contribution in [3.05, 3.63) is 70.6 Å². The zero-order chi connectivity index (χ0) is 24.1. The van der Waals surface area contributed by atoms with Gasteiger partial charge in [0.1, 0.15) is 29.5 Å². The number of para-hydroxylation sites is 1. The van der Waals surface area contributed by atoms with Gasteiger partial charge in [-0.15, -0.1) is 5.10 Å². The minimum Gasteiger partial charge on any atom is -0.496 e. The molecular formula is C22H20ClN9O2. The first-order valence-electron chi connectivity index (χ1n) is 10.3. The van der Waals surface area contributed by atoms with Gasteiger partial charge in [-0.25, -0.2) is 4.68 Å². The molecule has 4 aromatic rings. The summed E-state index contributed by atoms with van der Waals surface area (Å²) in [6.45, 7) is 0.345. The Balaban J connectivity index is 1.42. The summed E-state index contributed by atoms with van der Waals surface area (Å²) in [5.74, 6) is 0.264. The van der Waals surface area contributed by atoms with Crippen LogP contribution in [-0.2, 0) is 6.42 Å². The molecule has 0 saturated heterocycles. The van der Waals surface area contributed by atoms with Crippen LogP contribution in [-0.4, -0.2) is 49.5 Å². The second kappa shape index (κ2) is 10.0. The number of nitrogens with two attached hydrogens (primary N) is 1. The third-order valence-electron chi connectivity index (χ3n) is 5.09. The van der Waals surface area contributed by atoms with E-state index in [-0.39, 0.29) is 17.3 Å². The first-order valence-corrected chi connectivity index (χ1v) is 10.6. The standard InChI is InChI=1S/C22H20ClN9O2/c1-34-20-11-19(31-13-27-29-30-31)17(23)10-15(20)22(33)26-9-5-8-18-16(12-24)21(25)32(28-18)14-6-3-2-4-7-14/h2-4,6-7,10-11,13H,5,8-9,25H2,1H3,(H,26,33). The van der Waals surface area contributed by atoms with Gasteiger partial charge in [-0.1, -0.05) is 29.8 Å². The smallest absolute Gasteiger partial charge is 0.255 e. The van der Waals surface area contributed by atoms with E-state index in [1.54, 1.807) is 10.7 Å². The number of nitrogens with one attached hydrogen (secondary N) is 1. The molecular weight excluding hydrogens is 458 g/mol. The fourth-order valence-electron chi connectivity index (χ4n) is 3.43. The number of nitriles is 1. The summed E-state index contributed by atoms with van der Waals surface area (Å²) < 4.78 is 8.28. The summed E-state index contributed by atoms with van der Waals surface area (Å²) in [5, 5.41) is 28.1. The number of hydrogen-bond donors (Lipinski definition) is 2. The maximum atomic E-state index is 12.8. The highest BCUT2D eigenvalue weighted by Gasteiger charge is 2.19. The largest absolute Gasteiger partial charge is 0.496 e. The number of benzene rings is 2. The molecule has 3 N–H and O–H groups in total. The lowest BCUT2D eigenvalue weighted by molar-refractivity contribution is 0.0950. The molecule has 0 atom stereocenters. The third-order valence-corrected chi connectivity index (χ3v) is 5.39. The predicted molar refractivity (Wildman–Crippen MR) is 124 cm³/mol. The van der Waals surface area contributed by atoms with E-state index in [9.17, 15) is 10.1 Å². The van der Waals surface area contributed by atoms with Gasteiger partial charge < -0.3 is 15.8 Å². The van der Waals surface area contributed by atoms with Crippen LogP contribution in [0.25, 0.3) is 11.4 Å². The molecule has 0 aliphatic carbocycles. The van der Waals surface area contributed by atoms with Crippen LogP contribution in [0.3, 0.4) is 0 Å². The molecule has 0 aliphatic heterocycles. The molecule has 0 saturated carbocycles. The highest BCUT2D eigenvalue weighted by atomic mass is 35.5. The van der Waals surface area contributed by atoms with E-state index in [2.05, 4.69) is 32.0 Å². The number of amides is 1. The molecule has 0 bridgehead atoms. The van der Waals surface area contributed by atoms with Crippen molar-refractivity contribution in [2.45, 2.75) is 12.8 Å². The Hall–Kier alpha value is -4.43. The number of carbonyl (C=O) groups excluding carboxylic acids is 1. The highest BCUT2D eigenvalue weighted by Crippen LogP contribution is 2.29. The van der Waals surface area contributed by atoms with E-state index in [0.717, 1.165) is 5.69 Å². The molecule has 1 amide bonds. The average molecular weight is 478 g/mol. The van der Waals surface area contributed by atoms with Gasteiger partial charge in [0.25, 0.3) is 5.91 Å². The van der Waals surface area contributed by atoms with Crippen LogP contribution in [0.15, 0.2) is 48.8 Å². The molecule has 0 fully saturated rings. The van der Waals surface area contributed by atoms with E-state index >= 15 is 0 Å². The number of nitrogens with zero attached hydrogens (tertiary/aromatic N) is 7. The number of anilines is 1. The average Bonchev–Trinajstić information content (AvgIpc) is 3.50. The topological polar surface area (TPSA) is 150 Å². The number of aryl methyl sites for hydroxylation is 1. The number of halogens is 1. The molecule has 0 unspecified atom stereocenters. The molecule has 0 spiro atoms. The summed E-state index contributed by atoms with van der Waals surface area (Å²) in [6.07, 6.45) is 2.40. The Morgan fingerprint density at radius 3 is 2.76 bits per heavy atom. The molecule has 2 aromatic heterocycles. The van der Waals surface area contributed by atoms with Crippen molar-refractivity contribution in [3.63, 3.8) is 0 Å². The normalized spacial score (nSPS) is 10.6. The molecule has 0 radical (unpaired) electrons. The van der Waals surface area contributed by atoms with Gasteiger partial charge in [0.15, 0.2) is 0 Å². The molecule has 0 aliphatic rings. The SMILES string of the molecule is COc1cc(-n2cnnn2)c(Cl)cc1C(=O)NCCCc1nn(-c2ccccc2)c(N)c1C#N. The number of hydrogen-bond acceptors (Lipinski definition) is 8. The zero-order valence-corrected chi connectivity index (χ0v) is 18.9. The summed E-state index contributed by atoms with van der Waals surface area (Å²) in [4.78, 5) is 12.8. The van der Waals surface area contributed by atoms with Crippen molar-refractivity contribution in [3.8, 4) is 23.2 Å². The lowest BCUT2D eigenvalue weighted by Crippen LogP contribution is -2.25. The Kier molecular flexibility index (Phi) is 6.70. The minimum atomic E-state index is -0.350. The Morgan fingerprint density at radius 2 is 2.09 bits per heavy atom. The number of ether oxygens (including phenoxy) is 1.